The van der Waals surface area contributed by atoms with Crippen molar-refractivity contribution in [3.63, 3.8) is 0 Å². The fourth-order valence-electron chi connectivity index (χ4n) is 1.60. The summed E-state index contributed by atoms with van der Waals surface area (Å²) in [6.45, 7) is 5.29. The average Bonchev–Trinajstić information content (AvgIpc) is 2.17. The Bertz CT molecular complexity index is 218. The number of carbonyl (C=O) groups is 1. The van der Waals surface area contributed by atoms with E-state index in [1.807, 2.05) is 18.2 Å². The highest BCUT2D eigenvalue weighted by atomic mass is 32.2. The second kappa shape index (κ2) is 4.86. The van der Waals surface area contributed by atoms with E-state index in [0.29, 0.717) is 31.0 Å². The van der Waals surface area contributed by atoms with Crippen molar-refractivity contribution in [2.75, 3.05) is 18.8 Å². The second-order valence-corrected chi connectivity index (χ2v) is 5.06. The highest BCUT2D eigenvalue weighted by Gasteiger charge is 2.27. The largest absolute Gasteiger partial charge is 0.299 e. The normalized spacial score (nSPS) is 27.5. The molecule has 1 saturated heterocycles. The van der Waals surface area contributed by atoms with Gasteiger partial charge in [-0.2, -0.15) is 0 Å². The lowest BCUT2D eigenvalue weighted by molar-refractivity contribution is -0.125. The van der Waals surface area contributed by atoms with Crippen LogP contribution in [0.5, 0.6) is 0 Å². The SMILES string of the molecule is CCC1CN(S(=O)CC)CCC1=O. The molecule has 13 heavy (non-hydrogen) atoms. The zero-order chi connectivity index (χ0) is 9.84. The summed E-state index contributed by atoms with van der Waals surface area (Å²) in [6, 6.07) is 0. The van der Waals surface area contributed by atoms with Gasteiger partial charge in [-0.05, 0) is 6.42 Å². The van der Waals surface area contributed by atoms with Crippen molar-refractivity contribution < 1.29 is 9.00 Å². The van der Waals surface area contributed by atoms with Crippen LogP contribution in [0, 0.1) is 5.92 Å². The zero-order valence-corrected chi connectivity index (χ0v) is 9.10. The van der Waals surface area contributed by atoms with Gasteiger partial charge in [-0.15, -0.1) is 0 Å². The smallest absolute Gasteiger partial charge is 0.138 e. The first-order valence-electron chi connectivity index (χ1n) is 4.85. The lowest BCUT2D eigenvalue weighted by Crippen LogP contribution is -2.41. The van der Waals surface area contributed by atoms with Gasteiger partial charge in [0.1, 0.15) is 5.78 Å². The Morgan fingerprint density at radius 3 is 2.77 bits per heavy atom. The molecule has 0 radical (unpaired) electrons. The van der Waals surface area contributed by atoms with Gasteiger partial charge in [0.25, 0.3) is 0 Å². The molecule has 1 fully saturated rings. The number of ketones is 1. The fraction of sp³-hybridized carbons (Fsp3) is 0.889. The molecule has 4 heteroatoms. The van der Waals surface area contributed by atoms with Crippen molar-refractivity contribution in [3.05, 3.63) is 0 Å². The van der Waals surface area contributed by atoms with E-state index < -0.39 is 11.0 Å². The fourth-order valence-corrected chi connectivity index (χ4v) is 2.61. The van der Waals surface area contributed by atoms with Crippen molar-refractivity contribution in [2.45, 2.75) is 26.7 Å². The van der Waals surface area contributed by atoms with Crippen LogP contribution in [0.15, 0.2) is 0 Å². The summed E-state index contributed by atoms with van der Waals surface area (Å²) < 4.78 is 13.4. The Morgan fingerprint density at radius 1 is 1.54 bits per heavy atom. The summed E-state index contributed by atoms with van der Waals surface area (Å²) >= 11 is 0. The Kier molecular flexibility index (Phi) is 4.06. The third kappa shape index (κ3) is 2.61. The van der Waals surface area contributed by atoms with Crippen LogP contribution in [-0.2, 0) is 15.8 Å². The van der Waals surface area contributed by atoms with Crippen LogP contribution >= 0.6 is 0 Å². The molecule has 0 N–H and O–H groups in total. The molecule has 0 aromatic rings. The van der Waals surface area contributed by atoms with E-state index in [0.717, 1.165) is 6.42 Å². The third-order valence-electron chi connectivity index (χ3n) is 2.51. The molecular weight excluding hydrogens is 186 g/mol. The van der Waals surface area contributed by atoms with Crippen LogP contribution in [0.3, 0.4) is 0 Å². The number of hydrogen-bond donors (Lipinski definition) is 0. The van der Waals surface area contributed by atoms with Gasteiger partial charge in [-0.25, -0.2) is 8.51 Å². The predicted molar refractivity (Wildman–Crippen MR) is 53.7 cm³/mol. The molecule has 0 spiro atoms. The molecule has 0 bridgehead atoms. The minimum absolute atomic E-state index is 0.115. The van der Waals surface area contributed by atoms with Gasteiger partial charge in [0.05, 0.1) is 11.0 Å². The monoisotopic (exact) mass is 203 g/mol. The van der Waals surface area contributed by atoms with Gasteiger partial charge in [-0.1, -0.05) is 13.8 Å². The van der Waals surface area contributed by atoms with Crippen molar-refractivity contribution >= 4 is 16.8 Å². The van der Waals surface area contributed by atoms with E-state index in [1.165, 1.54) is 0 Å². The van der Waals surface area contributed by atoms with E-state index in [-0.39, 0.29) is 5.92 Å². The number of carbonyl (C=O) groups excluding carboxylic acids is 1. The summed E-state index contributed by atoms with van der Waals surface area (Å²) in [5, 5.41) is 0. The topological polar surface area (TPSA) is 37.4 Å². The molecule has 0 saturated carbocycles. The Balaban J connectivity index is 2.54. The van der Waals surface area contributed by atoms with Gasteiger partial charge >= 0.3 is 0 Å². The maximum atomic E-state index is 11.5. The summed E-state index contributed by atoms with van der Waals surface area (Å²) in [4.78, 5) is 11.4. The van der Waals surface area contributed by atoms with Gasteiger partial charge in [0.2, 0.25) is 0 Å². The first-order chi connectivity index (χ1) is 6.19. The zero-order valence-electron chi connectivity index (χ0n) is 8.28. The molecule has 0 aromatic heterocycles. The van der Waals surface area contributed by atoms with E-state index in [2.05, 4.69) is 0 Å². The molecule has 1 aliphatic heterocycles. The standard InChI is InChI=1S/C9H17NO2S/c1-3-8-7-10(13(12)4-2)6-5-9(8)11/h8H,3-7H2,1-2H3. The lowest BCUT2D eigenvalue weighted by Gasteiger charge is -2.29. The first kappa shape index (κ1) is 10.9. The van der Waals surface area contributed by atoms with Gasteiger partial charge < -0.3 is 0 Å². The summed E-state index contributed by atoms with van der Waals surface area (Å²) in [5.74, 6) is 1.11. The average molecular weight is 203 g/mol. The maximum absolute atomic E-state index is 11.5. The molecule has 1 rings (SSSR count). The van der Waals surface area contributed by atoms with E-state index >= 15 is 0 Å². The van der Waals surface area contributed by atoms with E-state index in [4.69, 9.17) is 0 Å². The highest BCUT2D eigenvalue weighted by Crippen LogP contribution is 2.17. The number of piperidine rings is 1. The van der Waals surface area contributed by atoms with Crippen molar-refractivity contribution in [1.29, 1.82) is 0 Å². The summed E-state index contributed by atoms with van der Waals surface area (Å²) in [7, 11) is -0.870. The van der Waals surface area contributed by atoms with E-state index in [1.54, 1.807) is 0 Å². The van der Waals surface area contributed by atoms with Crippen LogP contribution in [0.4, 0.5) is 0 Å². The minimum atomic E-state index is -0.870. The maximum Gasteiger partial charge on any atom is 0.138 e. The number of rotatable bonds is 3. The Hall–Kier alpha value is -0.220. The van der Waals surface area contributed by atoms with Crippen molar-refractivity contribution in [1.82, 2.24) is 4.31 Å². The summed E-state index contributed by atoms with van der Waals surface area (Å²) in [5.41, 5.74) is 0. The lowest BCUT2D eigenvalue weighted by atomic mass is 9.96. The molecule has 2 atom stereocenters. The number of nitrogens with zero attached hydrogens (tertiary/aromatic N) is 1. The van der Waals surface area contributed by atoms with Crippen LogP contribution in [0.1, 0.15) is 26.7 Å². The Labute approximate surface area is 82.1 Å². The first-order valence-corrected chi connectivity index (χ1v) is 6.12. The van der Waals surface area contributed by atoms with Crippen LogP contribution < -0.4 is 0 Å². The van der Waals surface area contributed by atoms with Crippen molar-refractivity contribution in [3.8, 4) is 0 Å². The molecule has 1 heterocycles. The molecule has 0 aliphatic carbocycles. The Morgan fingerprint density at radius 2 is 2.23 bits per heavy atom. The van der Waals surface area contributed by atoms with Crippen LogP contribution in [0.25, 0.3) is 0 Å². The molecular formula is C9H17NO2S. The van der Waals surface area contributed by atoms with Gasteiger partial charge in [-0.3, -0.25) is 4.79 Å². The third-order valence-corrected chi connectivity index (χ3v) is 3.92. The number of Topliss-reactive ketones (excluding diaryl/α,β-unsaturated/α-hetero) is 1. The molecule has 0 amide bonds. The second-order valence-electron chi connectivity index (χ2n) is 3.32. The molecule has 3 nitrogen and oxygen atoms in total. The predicted octanol–water partition coefficient (Wildman–Crippen LogP) is 0.971. The van der Waals surface area contributed by atoms with Gasteiger partial charge in [0, 0.05) is 31.2 Å². The quantitative estimate of drug-likeness (QED) is 0.685. The molecule has 0 aromatic carbocycles. The molecule has 2 unspecified atom stereocenters. The minimum Gasteiger partial charge on any atom is -0.299 e. The molecule has 1 aliphatic rings. The van der Waals surface area contributed by atoms with Gasteiger partial charge in [0.15, 0.2) is 0 Å². The van der Waals surface area contributed by atoms with Crippen LogP contribution in [-0.4, -0.2) is 33.1 Å². The number of hydrogen-bond acceptors (Lipinski definition) is 2. The van der Waals surface area contributed by atoms with E-state index in [9.17, 15) is 9.00 Å². The highest BCUT2D eigenvalue weighted by molar-refractivity contribution is 7.82. The summed E-state index contributed by atoms with van der Waals surface area (Å²) in [6.07, 6.45) is 1.44. The van der Waals surface area contributed by atoms with Crippen molar-refractivity contribution in [2.24, 2.45) is 5.92 Å². The van der Waals surface area contributed by atoms with Crippen LogP contribution in [0.2, 0.25) is 0 Å². The molecule has 76 valence electrons.